The Bertz CT molecular complexity index is 737. The van der Waals surface area contributed by atoms with Crippen molar-refractivity contribution in [3.05, 3.63) is 65.5 Å². The fraction of sp³-hybridized carbons (Fsp3) is 0.133. The van der Waals surface area contributed by atoms with Crippen molar-refractivity contribution in [2.45, 2.75) is 6.42 Å². The molecule has 6 heteroatoms. The van der Waals surface area contributed by atoms with E-state index in [2.05, 4.69) is 4.72 Å². The van der Waals surface area contributed by atoms with Crippen molar-refractivity contribution in [1.82, 2.24) is 0 Å². The zero-order valence-corrected chi connectivity index (χ0v) is 12.2. The second-order valence-electron chi connectivity index (χ2n) is 4.68. The van der Waals surface area contributed by atoms with E-state index in [9.17, 15) is 17.6 Å². The molecule has 0 aliphatic rings. The molecule has 0 amide bonds. The fourth-order valence-corrected chi connectivity index (χ4v) is 2.39. The van der Waals surface area contributed by atoms with Crippen LogP contribution in [0, 0.1) is 5.82 Å². The second-order valence-corrected chi connectivity index (χ2v) is 6.43. The smallest absolute Gasteiger partial charge is 0.229 e. The van der Waals surface area contributed by atoms with E-state index < -0.39 is 10.0 Å². The van der Waals surface area contributed by atoms with E-state index >= 15 is 0 Å². The molecule has 0 saturated carbocycles. The van der Waals surface area contributed by atoms with Crippen LogP contribution in [0.15, 0.2) is 48.5 Å². The molecule has 0 saturated heterocycles. The maximum Gasteiger partial charge on any atom is 0.229 e. The summed E-state index contributed by atoms with van der Waals surface area (Å²) in [5.74, 6) is -0.512. The average molecular weight is 307 g/mol. The molecule has 2 aromatic carbocycles. The van der Waals surface area contributed by atoms with Gasteiger partial charge in [0.2, 0.25) is 10.0 Å². The molecule has 0 radical (unpaired) electrons. The van der Waals surface area contributed by atoms with Crippen LogP contribution in [0.25, 0.3) is 0 Å². The number of anilines is 1. The topological polar surface area (TPSA) is 63.2 Å². The lowest BCUT2D eigenvalue weighted by molar-refractivity contribution is 0.0993. The van der Waals surface area contributed by atoms with Gasteiger partial charge in [-0.25, -0.2) is 12.8 Å². The van der Waals surface area contributed by atoms with Crippen LogP contribution in [-0.4, -0.2) is 20.5 Å². The number of rotatable bonds is 5. The molecular formula is C15H14FNO3S. The number of carbonyl (C=O) groups is 1. The Balaban J connectivity index is 2.06. The summed E-state index contributed by atoms with van der Waals surface area (Å²) in [6.07, 6.45) is 1.24. The first-order valence-corrected chi connectivity index (χ1v) is 8.08. The number of sulfonamides is 1. The molecule has 0 heterocycles. The van der Waals surface area contributed by atoms with Crippen LogP contribution in [0.1, 0.15) is 15.9 Å². The molecule has 2 aromatic rings. The van der Waals surface area contributed by atoms with E-state index in [-0.39, 0.29) is 18.0 Å². The summed E-state index contributed by atoms with van der Waals surface area (Å²) >= 11 is 0. The number of hydrogen-bond donors (Lipinski definition) is 1. The first-order valence-electron chi connectivity index (χ1n) is 6.19. The number of halogens is 1. The van der Waals surface area contributed by atoms with Crippen molar-refractivity contribution in [2.75, 3.05) is 11.0 Å². The van der Waals surface area contributed by atoms with Crippen LogP contribution in [0.3, 0.4) is 0 Å². The molecule has 0 aromatic heterocycles. The SMILES string of the molecule is CS(=O)(=O)Nc1ccc(CC(=O)c2ccc(F)cc2)cc1. The van der Waals surface area contributed by atoms with Gasteiger partial charge in [-0.1, -0.05) is 12.1 Å². The van der Waals surface area contributed by atoms with Crippen molar-refractivity contribution >= 4 is 21.5 Å². The highest BCUT2D eigenvalue weighted by molar-refractivity contribution is 7.92. The van der Waals surface area contributed by atoms with Gasteiger partial charge in [-0.2, -0.15) is 0 Å². The lowest BCUT2D eigenvalue weighted by Gasteiger charge is -2.05. The van der Waals surface area contributed by atoms with Crippen LogP contribution in [0.5, 0.6) is 0 Å². The number of Topliss-reactive ketones (excluding diaryl/α,β-unsaturated/α-hetero) is 1. The molecule has 0 bridgehead atoms. The first kappa shape index (κ1) is 15.2. The molecule has 0 atom stereocenters. The van der Waals surface area contributed by atoms with Crippen molar-refractivity contribution in [2.24, 2.45) is 0 Å². The summed E-state index contributed by atoms with van der Waals surface area (Å²) in [6, 6.07) is 11.9. The Morgan fingerprint density at radius 2 is 1.62 bits per heavy atom. The highest BCUT2D eigenvalue weighted by Crippen LogP contribution is 2.13. The number of nitrogens with one attached hydrogen (secondary N) is 1. The molecule has 0 fully saturated rings. The van der Waals surface area contributed by atoms with E-state index in [1.54, 1.807) is 24.3 Å². The summed E-state index contributed by atoms with van der Waals surface area (Å²) in [5, 5.41) is 0. The van der Waals surface area contributed by atoms with Crippen LogP contribution in [0.2, 0.25) is 0 Å². The lowest BCUT2D eigenvalue weighted by Crippen LogP contribution is -2.09. The minimum atomic E-state index is -3.31. The molecule has 1 N–H and O–H groups in total. The Hall–Kier alpha value is -2.21. The highest BCUT2D eigenvalue weighted by Gasteiger charge is 2.08. The van der Waals surface area contributed by atoms with Gasteiger partial charge in [-0.05, 0) is 42.0 Å². The van der Waals surface area contributed by atoms with Gasteiger partial charge < -0.3 is 0 Å². The van der Waals surface area contributed by atoms with E-state index in [0.29, 0.717) is 11.3 Å². The van der Waals surface area contributed by atoms with Crippen LogP contribution in [-0.2, 0) is 16.4 Å². The van der Waals surface area contributed by atoms with Gasteiger partial charge in [0, 0.05) is 17.7 Å². The van der Waals surface area contributed by atoms with Crippen LogP contribution >= 0.6 is 0 Å². The zero-order chi connectivity index (χ0) is 15.5. The van der Waals surface area contributed by atoms with Gasteiger partial charge in [0.25, 0.3) is 0 Å². The lowest BCUT2D eigenvalue weighted by atomic mass is 10.0. The zero-order valence-electron chi connectivity index (χ0n) is 11.3. The molecule has 110 valence electrons. The Morgan fingerprint density at radius 1 is 1.05 bits per heavy atom. The van der Waals surface area contributed by atoms with Crippen molar-refractivity contribution in [1.29, 1.82) is 0 Å². The van der Waals surface area contributed by atoms with Crippen molar-refractivity contribution in [3.63, 3.8) is 0 Å². The van der Waals surface area contributed by atoms with Gasteiger partial charge in [0.05, 0.1) is 6.26 Å². The quantitative estimate of drug-likeness (QED) is 0.864. The minimum absolute atomic E-state index is 0.126. The maximum absolute atomic E-state index is 12.8. The molecule has 0 aliphatic carbocycles. The van der Waals surface area contributed by atoms with Gasteiger partial charge in [-0.3, -0.25) is 9.52 Å². The van der Waals surface area contributed by atoms with Gasteiger partial charge >= 0.3 is 0 Å². The Labute approximate surface area is 122 Å². The van der Waals surface area contributed by atoms with Crippen molar-refractivity contribution in [3.8, 4) is 0 Å². The molecule has 21 heavy (non-hydrogen) atoms. The molecular weight excluding hydrogens is 293 g/mol. The summed E-state index contributed by atoms with van der Waals surface area (Å²) in [7, 11) is -3.31. The average Bonchev–Trinajstić information content (AvgIpc) is 2.40. The predicted octanol–water partition coefficient (Wildman–Crippen LogP) is 2.62. The van der Waals surface area contributed by atoms with Crippen LogP contribution in [0.4, 0.5) is 10.1 Å². The normalized spacial score (nSPS) is 11.1. The summed E-state index contributed by atoms with van der Waals surface area (Å²) < 4.78 is 37.3. The Kier molecular flexibility index (Phi) is 4.37. The third-order valence-corrected chi connectivity index (χ3v) is 3.39. The third kappa shape index (κ3) is 4.68. The first-order chi connectivity index (χ1) is 9.83. The molecule has 0 unspecified atom stereocenters. The second kappa shape index (κ2) is 6.05. The van der Waals surface area contributed by atoms with E-state index in [4.69, 9.17) is 0 Å². The number of benzene rings is 2. The predicted molar refractivity (Wildman–Crippen MR) is 79.3 cm³/mol. The number of carbonyl (C=O) groups excluding carboxylic acids is 1. The summed E-state index contributed by atoms with van der Waals surface area (Å²) in [4.78, 5) is 12.0. The molecule has 0 spiro atoms. The number of ketones is 1. The summed E-state index contributed by atoms with van der Waals surface area (Å²) in [5.41, 5.74) is 1.63. The van der Waals surface area contributed by atoms with E-state index in [1.807, 2.05) is 0 Å². The fourth-order valence-electron chi connectivity index (χ4n) is 1.83. The van der Waals surface area contributed by atoms with E-state index in [1.165, 1.54) is 24.3 Å². The Morgan fingerprint density at radius 3 is 2.14 bits per heavy atom. The molecule has 0 aliphatic heterocycles. The molecule has 2 rings (SSSR count). The van der Waals surface area contributed by atoms with Crippen molar-refractivity contribution < 1.29 is 17.6 Å². The van der Waals surface area contributed by atoms with Crippen LogP contribution < -0.4 is 4.72 Å². The summed E-state index contributed by atoms with van der Waals surface area (Å²) in [6.45, 7) is 0. The van der Waals surface area contributed by atoms with Gasteiger partial charge in [0.15, 0.2) is 5.78 Å². The number of hydrogen-bond acceptors (Lipinski definition) is 3. The minimum Gasteiger partial charge on any atom is -0.294 e. The maximum atomic E-state index is 12.8. The van der Waals surface area contributed by atoms with Gasteiger partial charge in [-0.15, -0.1) is 0 Å². The standard InChI is InChI=1S/C15H14FNO3S/c1-21(19,20)17-14-8-2-11(3-9-14)10-15(18)12-4-6-13(16)7-5-12/h2-9,17H,10H2,1H3. The van der Waals surface area contributed by atoms with Gasteiger partial charge in [0.1, 0.15) is 5.82 Å². The largest absolute Gasteiger partial charge is 0.294 e. The van der Waals surface area contributed by atoms with E-state index in [0.717, 1.165) is 11.8 Å². The third-order valence-electron chi connectivity index (χ3n) is 2.79. The highest BCUT2D eigenvalue weighted by atomic mass is 32.2. The monoisotopic (exact) mass is 307 g/mol. The molecule has 4 nitrogen and oxygen atoms in total.